The molecule has 0 fully saturated rings. The minimum atomic E-state index is -2.78. The first kappa shape index (κ1) is 24.1. The second kappa shape index (κ2) is 8.51. The van der Waals surface area contributed by atoms with E-state index < -0.39 is 29.7 Å². The molecule has 1 heterocycles. The van der Waals surface area contributed by atoms with Crippen LogP contribution in [0.3, 0.4) is 0 Å². The molecule has 0 bridgehead atoms. The summed E-state index contributed by atoms with van der Waals surface area (Å²) in [5.41, 5.74) is -0.371. The van der Waals surface area contributed by atoms with E-state index in [1.165, 1.54) is 12.3 Å². The van der Waals surface area contributed by atoms with Gasteiger partial charge < -0.3 is 30.6 Å². The van der Waals surface area contributed by atoms with Crippen LogP contribution < -0.4 is 5.09 Å². The highest BCUT2D eigenvalue weighted by atomic mass is 127. The van der Waals surface area contributed by atoms with E-state index in [1.54, 1.807) is 39.8 Å². The van der Waals surface area contributed by atoms with Crippen molar-refractivity contribution in [2.75, 3.05) is 5.09 Å². The second-order valence-electron chi connectivity index (χ2n) is 7.84. The van der Waals surface area contributed by atoms with Gasteiger partial charge in [0.2, 0.25) is 0 Å². The Bertz CT molecular complexity index is 855. The van der Waals surface area contributed by atoms with Crippen molar-refractivity contribution in [3.05, 3.63) is 34.9 Å². The molecule has 1 aromatic carbocycles. The van der Waals surface area contributed by atoms with Crippen molar-refractivity contribution in [1.29, 1.82) is 5.41 Å². The highest BCUT2D eigenvalue weighted by Gasteiger charge is 2.51. The first-order valence-electron chi connectivity index (χ1n) is 8.70. The summed E-state index contributed by atoms with van der Waals surface area (Å²) in [6.45, 7) is 6.63. The highest BCUT2D eigenvalue weighted by Crippen LogP contribution is 2.40. The molecule has 0 aromatic heterocycles. The minimum absolute atomic E-state index is 0.307. The molecule has 0 saturated heterocycles. The molecular formula is C18H24BIN3O5P. The topological polar surface area (TPSA) is 126 Å². The molecule has 29 heavy (non-hydrogen) atoms. The van der Waals surface area contributed by atoms with Crippen LogP contribution in [0.15, 0.2) is 18.2 Å². The number of aryl methyl sites for hydroxylation is 1. The summed E-state index contributed by atoms with van der Waals surface area (Å²) in [5.74, 6) is -2.78. The fourth-order valence-corrected chi connectivity index (χ4v) is 4.31. The summed E-state index contributed by atoms with van der Waals surface area (Å²) in [6, 6.07) is 3.52. The molecule has 0 spiro atoms. The zero-order valence-electron chi connectivity index (χ0n) is 16.6. The molecule has 2 rings (SSSR count). The van der Waals surface area contributed by atoms with Crippen LogP contribution in [0.5, 0.6) is 0 Å². The lowest BCUT2D eigenvalue weighted by Crippen LogP contribution is -2.66. The second-order valence-corrected chi connectivity index (χ2v) is 9.89. The van der Waals surface area contributed by atoms with Gasteiger partial charge in [-0.15, -0.1) is 0 Å². The normalized spacial score (nSPS) is 21.8. The van der Waals surface area contributed by atoms with Gasteiger partial charge in [0.25, 0.3) is 5.91 Å². The van der Waals surface area contributed by atoms with Gasteiger partial charge in [-0.2, -0.15) is 0 Å². The lowest BCUT2D eigenvalue weighted by molar-refractivity contribution is -0.285. The number of nitrogens with zero attached hydrogens (tertiary/aromatic N) is 1. The van der Waals surface area contributed by atoms with Crippen LogP contribution >= 0.6 is 28.4 Å². The minimum Gasteiger partial charge on any atom is -0.444 e. The van der Waals surface area contributed by atoms with Crippen LogP contribution in [0.4, 0.5) is 10.5 Å². The number of hydrogen-bond acceptors (Lipinski definition) is 7. The Labute approximate surface area is 185 Å². The maximum Gasteiger partial charge on any atom is 0.416 e. The van der Waals surface area contributed by atoms with Crippen molar-refractivity contribution >= 4 is 59.8 Å². The number of carbonyl (C=O) groups excluding carboxylic acids is 1. The summed E-state index contributed by atoms with van der Waals surface area (Å²) in [4.78, 5) is 12.8. The number of benzene rings is 1. The first-order chi connectivity index (χ1) is 13.2. The Kier molecular flexibility index (Phi) is 7.06. The van der Waals surface area contributed by atoms with Gasteiger partial charge in [0.1, 0.15) is 11.2 Å². The Morgan fingerprint density at radius 1 is 1.41 bits per heavy atom. The Morgan fingerprint density at radius 3 is 2.52 bits per heavy atom. The lowest BCUT2D eigenvalue weighted by atomic mass is 9.79. The maximum atomic E-state index is 12.5. The maximum absolute atomic E-state index is 12.5. The van der Waals surface area contributed by atoms with Crippen LogP contribution in [0.25, 0.3) is 5.57 Å². The molecule has 0 aliphatic carbocycles. The number of nitrogens with one attached hydrogen (secondary N) is 2. The average Bonchev–Trinajstić information content (AvgIpc) is 2.51. The molecule has 1 amide bonds. The number of aliphatic hydroxyl groups is 3. The molecule has 0 saturated carbocycles. The van der Waals surface area contributed by atoms with Gasteiger partial charge in [-0.3, -0.25) is 0 Å². The number of rotatable bonds is 4. The predicted octanol–water partition coefficient (Wildman–Crippen LogP) is 2.83. The number of hydrogen-bond donors (Lipinski definition) is 5. The highest BCUT2D eigenvalue weighted by molar-refractivity contribution is 14.2. The van der Waals surface area contributed by atoms with E-state index in [-0.39, 0.29) is 0 Å². The quantitative estimate of drug-likeness (QED) is 0.134. The molecule has 2 unspecified atom stereocenters. The van der Waals surface area contributed by atoms with E-state index in [1.807, 2.05) is 0 Å². The SMILES string of the molecule is [B]C1(O)C=C(c2cc(NPI)c(C=N)cc2C)CC(O)(O)N1C(=O)OC(C)(C)C. The fourth-order valence-electron chi connectivity index (χ4n) is 3.12. The Balaban J connectivity index is 2.54. The Morgan fingerprint density at radius 2 is 2.03 bits per heavy atom. The van der Waals surface area contributed by atoms with Crippen LogP contribution in [-0.2, 0) is 4.74 Å². The number of ether oxygens (including phenoxy) is 1. The van der Waals surface area contributed by atoms with Crippen LogP contribution in [0.1, 0.15) is 43.9 Å². The zero-order valence-corrected chi connectivity index (χ0v) is 19.7. The van der Waals surface area contributed by atoms with Crippen LogP contribution in [0.2, 0.25) is 0 Å². The monoisotopic (exact) mass is 531 g/mol. The standard InChI is InChI=1S/C18H24BIN3O5P/c1-10-5-11(9-21)14(22-29-20)6-13(10)12-7-17(19,25)23(18(26,27)8-12)15(24)28-16(2,3)4/h5-7,9,21-22,25-27,29H,8H2,1-4H3. The Hall–Kier alpha value is -1.20. The van der Waals surface area contributed by atoms with E-state index in [9.17, 15) is 20.1 Å². The number of amides is 1. The van der Waals surface area contributed by atoms with Crippen molar-refractivity contribution in [2.24, 2.45) is 0 Å². The molecule has 2 atom stereocenters. The third-order valence-corrected chi connectivity index (χ3v) is 5.36. The van der Waals surface area contributed by atoms with Gasteiger partial charge in [0.05, 0.1) is 0 Å². The van der Waals surface area contributed by atoms with E-state index in [0.717, 1.165) is 5.56 Å². The first-order valence-corrected chi connectivity index (χ1v) is 12.8. The van der Waals surface area contributed by atoms with E-state index in [0.29, 0.717) is 33.7 Å². The van der Waals surface area contributed by atoms with E-state index in [2.05, 4.69) is 27.1 Å². The molecular weight excluding hydrogens is 507 g/mol. The van der Waals surface area contributed by atoms with Gasteiger partial charge in [0.15, 0.2) is 7.85 Å². The molecule has 156 valence electrons. The molecule has 1 aliphatic rings. The third-order valence-electron chi connectivity index (χ3n) is 4.19. The van der Waals surface area contributed by atoms with Crippen molar-refractivity contribution in [1.82, 2.24) is 4.90 Å². The molecule has 5 N–H and O–H groups in total. The number of carbonyl (C=O) groups is 1. The summed E-state index contributed by atoms with van der Waals surface area (Å²) in [7, 11) is 5.88. The zero-order chi connectivity index (χ0) is 22.2. The summed E-state index contributed by atoms with van der Waals surface area (Å²) >= 11 is 2.16. The van der Waals surface area contributed by atoms with Gasteiger partial charge in [-0.25, -0.2) is 9.69 Å². The van der Waals surface area contributed by atoms with Gasteiger partial charge in [-0.1, -0.05) is 0 Å². The van der Waals surface area contributed by atoms with Crippen molar-refractivity contribution in [3.63, 3.8) is 0 Å². The van der Waals surface area contributed by atoms with E-state index >= 15 is 0 Å². The molecule has 11 heteroatoms. The average molecular weight is 531 g/mol. The van der Waals surface area contributed by atoms with Gasteiger partial charge >= 0.3 is 6.09 Å². The van der Waals surface area contributed by atoms with Crippen molar-refractivity contribution in [2.45, 2.75) is 51.3 Å². The van der Waals surface area contributed by atoms with E-state index in [4.69, 9.17) is 18.0 Å². The predicted molar refractivity (Wildman–Crippen MR) is 124 cm³/mol. The molecule has 1 aromatic rings. The molecule has 1 aliphatic heterocycles. The summed E-state index contributed by atoms with van der Waals surface area (Å²) in [5, 5.41) is 42.6. The van der Waals surface area contributed by atoms with Gasteiger partial charge in [-0.05, 0) is 84.6 Å². The largest absolute Gasteiger partial charge is 0.444 e. The number of anilines is 1. The lowest BCUT2D eigenvalue weighted by Gasteiger charge is -2.47. The molecule has 8 nitrogen and oxygen atoms in total. The summed E-state index contributed by atoms with van der Waals surface area (Å²) in [6.07, 6.45) is 1.21. The smallest absolute Gasteiger partial charge is 0.416 e. The van der Waals surface area contributed by atoms with Crippen molar-refractivity contribution < 1.29 is 24.9 Å². The van der Waals surface area contributed by atoms with Crippen LogP contribution in [0, 0.1) is 12.3 Å². The molecule has 2 radical (unpaired) electrons. The third kappa shape index (κ3) is 5.49. The van der Waals surface area contributed by atoms with Crippen molar-refractivity contribution in [3.8, 4) is 0 Å². The summed E-state index contributed by atoms with van der Waals surface area (Å²) < 4.78 is 5.16. The number of halogens is 1. The van der Waals surface area contributed by atoms with Gasteiger partial charge in [0, 0.05) is 30.3 Å². The fraction of sp³-hybridized carbons (Fsp3) is 0.444. The van der Waals surface area contributed by atoms with Crippen LogP contribution in [-0.4, -0.2) is 57.5 Å².